The molecule has 60 heavy (non-hydrogen) atoms. The van der Waals surface area contributed by atoms with Gasteiger partial charge >= 0.3 is 0 Å². The SMILES string of the molecule is CC1Cc2oc3c(ccc4c3c3ccccc3n4-c3ccc4oc5ccc(-c6ccc7oc8ccccc8c7c6)cc5c4c3)c2C=C1n1c2ccccc2c2ccccc21. The molecule has 13 aromatic rings. The van der Waals surface area contributed by atoms with E-state index >= 15 is 0 Å². The zero-order valence-corrected chi connectivity index (χ0v) is 32.6. The third kappa shape index (κ3) is 4.30. The summed E-state index contributed by atoms with van der Waals surface area (Å²) in [6.07, 6.45) is 3.22. The number of aromatic nitrogens is 2. The second kappa shape index (κ2) is 11.7. The summed E-state index contributed by atoms with van der Waals surface area (Å²) in [6, 6.07) is 58.6. The van der Waals surface area contributed by atoms with Crippen LogP contribution >= 0.6 is 0 Å². The van der Waals surface area contributed by atoms with E-state index in [4.69, 9.17) is 13.3 Å². The first-order valence-electron chi connectivity index (χ1n) is 20.7. The summed E-state index contributed by atoms with van der Waals surface area (Å²) in [5, 5.41) is 10.4. The maximum atomic E-state index is 7.00. The molecule has 0 aliphatic heterocycles. The fourth-order valence-corrected chi connectivity index (χ4v) is 10.4. The molecule has 0 amide bonds. The Balaban J connectivity index is 0.940. The largest absolute Gasteiger partial charge is 0.460 e. The second-order valence-electron chi connectivity index (χ2n) is 16.5. The van der Waals surface area contributed by atoms with Crippen molar-refractivity contribution in [3.05, 3.63) is 175 Å². The molecular weight excluding hydrogens is 737 g/mol. The van der Waals surface area contributed by atoms with Gasteiger partial charge in [-0.05, 0) is 96.1 Å². The maximum Gasteiger partial charge on any atom is 0.144 e. The molecule has 0 saturated heterocycles. The van der Waals surface area contributed by atoms with Gasteiger partial charge in [0.25, 0.3) is 0 Å². The number of hydrogen-bond donors (Lipinski definition) is 0. The number of nitrogens with zero attached hydrogens (tertiary/aromatic N) is 2. The Labute approximate surface area is 342 Å². The zero-order chi connectivity index (χ0) is 39.2. The Morgan fingerprint density at radius 3 is 1.68 bits per heavy atom. The van der Waals surface area contributed by atoms with Crippen LogP contribution in [0.25, 0.3) is 127 Å². The first-order chi connectivity index (χ1) is 29.6. The monoisotopic (exact) mass is 770 g/mol. The number of furan rings is 3. The predicted octanol–water partition coefficient (Wildman–Crippen LogP) is 15.3. The van der Waals surface area contributed by atoms with E-state index in [1.807, 2.05) is 12.1 Å². The highest BCUT2D eigenvalue weighted by Gasteiger charge is 2.28. The average molecular weight is 771 g/mol. The highest BCUT2D eigenvalue weighted by atomic mass is 16.3. The fourth-order valence-electron chi connectivity index (χ4n) is 10.4. The van der Waals surface area contributed by atoms with Crippen molar-refractivity contribution in [1.82, 2.24) is 9.13 Å². The van der Waals surface area contributed by atoms with Gasteiger partial charge in [0.15, 0.2) is 0 Å². The van der Waals surface area contributed by atoms with Crippen LogP contribution in [0.15, 0.2) is 177 Å². The Kier molecular flexibility index (Phi) is 6.27. The molecule has 0 radical (unpaired) electrons. The molecule has 1 aliphatic carbocycles. The normalized spacial score (nSPS) is 14.6. The highest BCUT2D eigenvalue weighted by molar-refractivity contribution is 6.21. The lowest BCUT2D eigenvalue weighted by molar-refractivity contribution is 0.515. The van der Waals surface area contributed by atoms with Gasteiger partial charge in [0, 0.05) is 72.4 Å². The van der Waals surface area contributed by atoms with E-state index in [1.165, 1.54) is 38.5 Å². The molecule has 8 aromatic carbocycles. The van der Waals surface area contributed by atoms with Crippen LogP contribution in [-0.4, -0.2) is 9.13 Å². The Hall–Kier alpha value is -7.76. The van der Waals surface area contributed by atoms with Crippen molar-refractivity contribution in [3.63, 3.8) is 0 Å². The second-order valence-corrected chi connectivity index (χ2v) is 16.5. The molecule has 5 heterocycles. The maximum absolute atomic E-state index is 7.00. The summed E-state index contributed by atoms with van der Waals surface area (Å²) in [7, 11) is 0. The number of rotatable bonds is 3. The number of hydrogen-bond acceptors (Lipinski definition) is 3. The van der Waals surface area contributed by atoms with Gasteiger partial charge < -0.3 is 22.4 Å². The lowest BCUT2D eigenvalue weighted by Gasteiger charge is -2.23. The summed E-state index contributed by atoms with van der Waals surface area (Å²) >= 11 is 0. The smallest absolute Gasteiger partial charge is 0.144 e. The minimum atomic E-state index is 0.263. The van der Waals surface area contributed by atoms with Crippen molar-refractivity contribution >= 4 is 110 Å². The van der Waals surface area contributed by atoms with Crippen LogP contribution in [-0.2, 0) is 6.42 Å². The van der Waals surface area contributed by atoms with E-state index in [9.17, 15) is 0 Å². The van der Waals surface area contributed by atoms with Gasteiger partial charge in [-0.25, -0.2) is 0 Å². The standard InChI is InChI=1S/C55H34N2O3/c1-31-26-53-43(30-48(31)57-44-14-6-2-10-35(44)36-11-3-7-15-45(36)57)38-21-22-47-54(55(38)60-53)39-13-4-8-16-46(39)56(47)34-20-25-52-42(29-34)41-28-33(19-24-51(41)59-52)32-18-23-50-40(27-32)37-12-5-9-17-49(37)58-50/h2-25,27-31H,26H2,1H3. The average Bonchev–Trinajstić information content (AvgIpc) is 4.10. The van der Waals surface area contributed by atoms with Crippen molar-refractivity contribution in [3.8, 4) is 16.8 Å². The summed E-state index contributed by atoms with van der Waals surface area (Å²) in [5.41, 5.74) is 15.0. The molecule has 5 heteroatoms. The molecule has 1 atom stereocenters. The van der Waals surface area contributed by atoms with Crippen LogP contribution in [0.1, 0.15) is 18.2 Å². The van der Waals surface area contributed by atoms with Crippen molar-refractivity contribution < 1.29 is 13.3 Å². The van der Waals surface area contributed by atoms with E-state index in [1.54, 1.807) is 0 Å². The third-order valence-corrected chi connectivity index (χ3v) is 13.2. The van der Waals surface area contributed by atoms with Crippen LogP contribution in [0.5, 0.6) is 0 Å². The fraction of sp³-hybridized carbons (Fsp3) is 0.0545. The van der Waals surface area contributed by atoms with Gasteiger partial charge in [0.2, 0.25) is 0 Å². The van der Waals surface area contributed by atoms with E-state index in [2.05, 4.69) is 174 Å². The van der Waals surface area contributed by atoms with Crippen LogP contribution in [0.2, 0.25) is 0 Å². The summed E-state index contributed by atoms with van der Waals surface area (Å²) in [6.45, 7) is 2.32. The minimum absolute atomic E-state index is 0.263. The van der Waals surface area contributed by atoms with Gasteiger partial charge in [0.1, 0.15) is 33.7 Å². The molecule has 14 rings (SSSR count). The van der Waals surface area contributed by atoms with Crippen molar-refractivity contribution in [2.75, 3.05) is 0 Å². The Morgan fingerprint density at radius 2 is 0.983 bits per heavy atom. The predicted molar refractivity (Wildman–Crippen MR) is 247 cm³/mol. The molecule has 0 bridgehead atoms. The van der Waals surface area contributed by atoms with Gasteiger partial charge in [-0.1, -0.05) is 91.9 Å². The molecule has 1 aliphatic rings. The van der Waals surface area contributed by atoms with Gasteiger partial charge in [-0.2, -0.15) is 0 Å². The number of allylic oxidation sites excluding steroid dienone is 1. The van der Waals surface area contributed by atoms with Gasteiger partial charge in [-0.15, -0.1) is 0 Å². The first kappa shape index (κ1) is 32.2. The van der Waals surface area contributed by atoms with Gasteiger partial charge in [-0.3, -0.25) is 0 Å². The Bertz CT molecular complexity index is 3960. The van der Waals surface area contributed by atoms with Gasteiger partial charge in [0.05, 0.1) is 27.5 Å². The van der Waals surface area contributed by atoms with E-state index in [0.29, 0.717) is 0 Å². The third-order valence-electron chi connectivity index (χ3n) is 13.2. The Morgan fingerprint density at radius 1 is 0.433 bits per heavy atom. The van der Waals surface area contributed by atoms with E-state index in [0.717, 1.165) is 100 Å². The molecule has 0 fully saturated rings. The summed E-state index contributed by atoms with van der Waals surface area (Å²) < 4.78 is 24.4. The molecule has 5 aromatic heterocycles. The lowest BCUT2D eigenvalue weighted by atomic mass is 9.91. The summed E-state index contributed by atoms with van der Waals surface area (Å²) in [5.74, 6) is 1.31. The van der Waals surface area contributed by atoms with E-state index < -0.39 is 0 Å². The van der Waals surface area contributed by atoms with E-state index in [-0.39, 0.29) is 5.92 Å². The highest BCUT2D eigenvalue weighted by Crippen LogP contribution is 2.46. The van der Waals surface area contributed by atoms with Crippen molar-refractivity contribution in [2.45, 2.75) is 13.3 Å². The molecular formula is C55H34N2O3. The van der Waals surface area contributed by atoms with Crippen LogP contribution < -0.4 is 0 Å². The number of fused-ring (bicyclic) bond motifs is 16. The zero-order valence-electron chi connectivity index (χ0n) is 32.6. The molecule has 0 spiro atoms. The quantitative estimate of drug-likeness (QED) is 0.180. The molecule has 5 nitrogen and oxygen atoms in total. The van der Waals surface area contributed by atoms with Crippen LogP contribution in [0.4, 0.5) is 0 Å². The lowest BCUT2D eigenvalue weighted by Crippen LogP contribution is -2.13. The number of para-hydroxylation sites is 4. The first-order valence-corrected chi connectivity index (χ1v) is 20.7. The van der Waals surface area contributed by atoms with Crippen molar-refractivity contribution in [1.29, 1.82) is 0 Å². The summed E-state index contributed by atoms with van der Waals surface area (Å²) in [4.78, 5) is 0. The topological polar surface area (TPSA) is 49.3 Å². The molecule has 0 saturated carbocycles. The van der Waals surface area contributed by atoms with Crippen molar-refractivity contribution in [2.24, 2.45) is 5.92 Å². The number of benzene rings is 8. The molecule has 0 N–H and O–H groups in total. The molecule has 1 unspecified atom stereocenters. The van der Waals surface area contributed by atoms with Crippen LogP contribution in [0, 0.1) is 5.92 Å². The molecule has 282 valence electrons. The minimum Gasteiger partial charge on any atom is -0.460 e. The van der Waals surface area contributed by atoms with Crippen LogP contribution in [0.3, 0.4) is 0 Å².